The Morgan fingerprint density at radius 3 is 2.71 bits per heavy atom. The van der Waals surface area contributed by atoms with E-state index in [1.807, 2.05) is 37.3 Å². The third-order valence-electron chi connectivity index (χ3n) is 3.51. The maximum absolute atomic E-state index is 12.9. The first-order valence-corrected chi connectivity index (χ1v) is 7.68. The van der Waals surface area contributed by atoms with Gasteiger partial charge in [0.25, 0.3) is 5.56 Å². The lowest BCUT2D eigenvalue weighted by molar-refractivity contribution is 0.910. The molecule has 0 saturated carbocycles. The van der Waals surface area contributed by atoms with Crippen LogP contribution >= 0.6 is 11.6 Å². The van der Waals surface area contributed by atoms with Crippen LogP contribution < -0.4 is 5.56 Å². The molecule has 21 heavy (non-hydrogen) atoms. The third-order valence-corrected chi connectivity index (χ3v) is 3.83. The predicted molar refractivity (Wildman–Crippen MR) is 92.0 cm³/mol. The lowest BCUT2D eigenvalue weighted by Crippen LogP contribution is -2.22. The Hall–Kier alpha value is -1.80. The van der Waals surface area contributed by atoms with E-state index in [0.29, 0.717) is 10.4 Å². The molecule has 110 valence electrons. The fourth-order valence-electron chi connectivity index (χ4n) is 2.45. The topological polar surface area (TPSA) is 22.0 Å². The standard InChI is InChI=1S/C18H20ClNO/c1-4-7-10-14(5-2)20-15(6-3)12-13-9-8-11-16(19)17(13)18(20)21/h5,7-12H,4,6H2,1-3H3/b10-7-,14-5+. The van der Waals surface area contributed by atoms with Crippen molar-refractivity contribution >= 4 is 28.1 Å². The van der Waals surface area contributed by atoms with Crippen LogP contribution in [0.5, 0.6) is 0 Å². The Balaban J connectivity index is 2.84. The highest BCUT2D eigenvalue weighted by Gasteiger charge is 2.12. The minimum absolute atomic E-state index is 0.0520. The van der Waals surface area contributed by atoms with Gasteiger partial charge in [0.2, 0.25) is 0 Å². The highest BCUT2D eigenvalue weighted by molar-refractivity contribution is 6.35. The molecule has 1 heterocycles. The van der Waals surface area contributed by atoms with Crippen molar-refractivity contribution in [3.8, 4) is 0 Å². The molecule has 0 N–H and O–H groups in total. The molecule has 2 rings (SSSR count). The molecule has 0 saturated heterocycles. The van der Waals surface area contributed by atoms with E-state index in [4.69, 9.17) is 11.6 Å². The largest absolute Gasteiger partial charge is 0.281 e. The van der Waals surface area contributed by atoms with Gasteiger partial charge in [-0.2, -0.15) is 0 Å². The lowest BCUT2D eigenvalue weighted by Gasteiger charge is -2.15. The number of benzene rings is 1. The monoisotopic (exact) mass is 301 g/mol. The molecule has 0 atom stereocenters. The van der Waals surface area contributed by atoms with Gasteiger partial charge in [0.15, 0.2) is 0 Å². The Morgan fingerprint density at radius 2 is 2.10 bits per heavy atom. The van der Waals surface area contributed by atoms with Gasteiger partial charge >= 0.3 is 0 Å². The van der Waals surface area contributed by atoms with Crippen molar-refractivity contribution < 1.29 is 0 Å². The number of aryl methyl sites for hydroxylation is 1. The summed E-state index contributed by atoms with van der Waals surface area (Å²) in [6.45, 7) is 6.07. The van der Waals surface area contributed by atoms with Crippen LogP contribution in [0.2, 0.25) is 5.02 Å². The lowest BCUT2D eigenvalue weighted by atomic mass is 10.1. The number of hydrogen-bond donors (Lipinski definition) is 0. The summed E-state index contributed by atoms with van der Waals surface area (Å²) in [5.41, 5.74) is 1.83. The van der Waals surface area contributed by atoms with Gasteiger partial charge in [0.05, 0.1) is 10.4 Å². The number of halogens is 1. The number of nitrogens with zero attached hydrogens (tertiary/aromatic N) is 1. The van der Waals surface area contributed by atoms with Crippen molar-refractivity contribution in [1.29, 1.82) is 0 Å². The van der Waals surface area contributed by atoms with E-state index in [1.54, 1.807) is 10.6 Å². The van der Waals surface area contributed by atoms with E-state index in [1.165, 1.54) is 0 Å². The summed E-state index contributed by atoms with van der Waals surface area (Å²) in [4.78, 5) is 12.9. The van der Waals surface area contributed by atoms with Gasteiger partial charge in [0, 0.05) is 11.4 Å². The SMILES string of the molecule is C/C=C(\C=C/CC)n1c(CC)cc2cccc(Cl)c2c1=O. The molecule has 2 nitrogen and oxygen atoms in total. The Labute approximate surface area is 130 Å². The number of rotatable bonds is 4. The van der Waals surface area contributed by atoms with Crippen molar-refractivity contribution in [2.24, 2.45) is 0 Å². The van der Waals surface area contributed by atoms with Crippen LogP contribution in [0.3, 0.4) is 0 Å². The van der Waals surface area contributed by atoms with E-state index in [9.17, 15) is 4.79 Å². The van der Waals surface area contributed by atoms with Crippen molar-refractivity contribution in [3.05, 3.63) is 63.6 Å². The normalized spacial score (nSPS) is 12.5. The highest BCUT2D eigenvalue weighted by atomic mass is 35.5. The number of allylic oxidation sites excluding steroid dienone is 4. The van der Waals surface area contributed by atoms with Gasteiger partial charge in [-0.15, -0.1) is 0 Å². The first-order valence-electron chi connectivity index (χ1n) is 7.30. The van der Waals surface area contributed by atoms with Crippen LogP contribution in [0.25, 0.3) is 16.5 Å². The zero-order valence-electron chi connectivity index (χ0n) is 12.7. The molecule has 0 aliphatic heterocycles. The van der Waals surface area contributed by atoms with Crippen molar-refractivity contribution in [3.63, 3.8) is 0 Å². The molecule has 0 fully saturated rings. The molecule has 0 aliphatic carbocycles. The van der Waals surface area contributed by atoms with Crippen LogP contribution in [-0.2, 0) is 6.42 Å². The predicted octanol–water partition coefficient (Wildman–Crippen LogP) is 5.04. The molecule has 1 aromatic heterocycles. The average Bonchev–Trinajstić information content (AvgIpc) is 2.49. The Bertz CT molecular complexity index is 769. The molecule has 0 amide bonds. The zero-order chi connectivity index (χ0) is 15.4. The first kappa shape index (κ1) is 15.6. The minimum Gasteiger partial charge on any atom is -0.281 e. The fourth-order valence-corrected chi connectivity index (χ4v) is 2.72. The number of hydrogen-bond acceptors (Lipinski definition) is 1. The van der Waals surface area contributed by atoms with E-state index < -0.39 is 0 Å². The molecule has 1 aromatic carbocycles. The summed E-state index contributed by atoms with van der Waals surface area (Å²) >= 11 is 6.23. The summed E-state index contributed by atoms with van der Waals surface area (Å²) in [5, 5.41) is 1.99. The van der Waals surface area contributed by atoms with Gasteiger partial charge in [0.1, 0.15) is 0 Å². The molecular weight excluding hydrogens is 282 g/mol. The number of aromatic nitrogens is 1. The van der Waals surface area contributed by atoms with Gasteiger partial charge in [-0.3, -0.25) is 9.36 Å². The van der Waals surface area contributed by atoms with Crippen LogP contribution in [0.1, 0.15) is 32.9 Å². The Morgan fingerprint density at radius 1 is 1.33 bits per heavy atom. The first-order chi connectivity index (χ1) is 10.1. The smallest absolute Gasteiger partial charge is 0.264 e. The molecule has 0 unspecified atom stereocenters. The average molecular weight is 302 g/mol. The molecule has 0 spiro atoms. The Kier molecular flexibility index (Phi) is 5.03. The summed E-state index contributed by atoms with van der Waals surface area (Å²) in [6.07, 6.45) is 7.72. The highest BCUT2D eigenvalue weighted by Crippen LogP contribution is 2.23. The summed E-state index contributed by atoms with van der Waals surface area (Å²) in [5.74, 6) is 0. The maximum atomic E-state index is 12.9. The summed E-state index contributed by atoms with van der Waals surface area (Å²) in [6, 6.07) is 7.62. The van der Waals surface area contributed by atoms with Crippen LogP contribution in [0.15, 0.2) is 47.3 Å². The summed E-state index contributed by atoms with van der Waals surface area (Å²) < 4.78 is 1.76. The molecular formula is C18H20ClNO. The van der Waals surface area contributed by atoms with Crippen LogP contribution in [0, 0.1) is 0 Å². The van der Waals surface area contributed by atoms with Gasteiger partial charge < -0.3 is 0 Å². The van der Waals surface area contributed by atoms with Crippen molar-refractivity contribution in [2.75, 3.05) is 0 Å². The molecule has 0 aliphatic rings. The second-order valence-electron chi connectivity index (χ2n) is 4.86. The van der Waals surface area contributed by atoms with Gasteiger partial charge in [-0.1, -0.05) is 49.7 Å². The second-order valence-corrected chi connectivity index (χ2v) is 5.27. The van der Waals surface area contributed by atoms with Crippen molar-refractivity contribution in [1.82, 2.24) is 4.57 Å². The van der Waals surface area contributed by atoms with E-state index >= 15 is 0 Å². The van der Waals surface area contributed by atoms with Gasteiger partial charge in [-0.05, 0) is 43.4 Å². The van der Waals surface area contributed by atoms with E-state index in [0.717, 1.165) is 29.6 Å². The number of fused-ring (bicyclic) bond motifs is 1. The third kappa shape index (κ3) is 2.96. The van der Waals surface area contributed by atoms with Crippen LogP contribution in [-0.4, -0.2) is 4.57 Å². The minimum atomic E-state index is -0.0520. The maximum Gasteiger partial charge on any atom is 0.264 e. The molecule has 0 bridgehead atoms. The number of pyridine rings is 1. The molecule has 3 heteroatoms. The quantitative estimate of drug-likeness (QED) is 0.725. The zero-order valence-corrected chi connectivity index (χ0v) is 13.4. The second kappa shape index (κ2) is 6.77. The fraction of sp³-hybridized carbons (Fsp3) is 0.278. The van der Waals surface area contributed by atoms with E-state index in [-0.39, 0.29) is 5.56 Å². The molecule has 2 aromatic rings. The van der Waals surface area contributed by atoms with Gasteiger partial charge in [-0.25, -0.2) is 0 Å². The van der Waals surface area contributed by atoms with Crippen LogP contribution in [0.4, 0.5) is 0 Å². The van der Waals surface area contributed by atoms with Crippen molar-refractivity contribution in [2.45, 2.75) is 33.6 Å². The summed E-state index contributed by atoms with van der Waals surface area (Å²) in [7, 11) is 0. The van der Waals surface area contributed by atoms with E-state index in [2.05, 4.69) is 19.9 Å². The molecule has 0 radical (unpaired) electrons.